The Bertz CT molecular complexity index is 835. The Morgan fingerprint density at radius 3 is 2.50 bits per heavy atom. The standard InChI is InChI=1S/C20H29NSi/c1-14(2)10-17-12-19(21-13-20(17)22(5,6)7)18-9-8-15(3)11-16(18)4/h8-9,11-14H,10H2,1-7H3/i3D3,10D2. The van der Waals surface area contributed by atoms with E-state index in [1.54, 1.807) is 18.2 Å². The van der Waals surface area contributed by atoms with Crippen LogP contribution in [0, 0.1) is 19.7 Å². The predicted molar refractivity (Wildman–Crippen MR) is 101 cm³/mol. The molecule has 0 aliphatic heterocycles. The summed E-state index contributed by atoms with van der Waals surface area (Å²) in [5, 5.41) is 1.03. The highest BCUT2D eigenvalue weighted by Crippen LogP contribution is 2.24. The van der Waals surface area contributed by atoms with Crippen molar-refractivity contribution in [3.63, 3.8) is 0 Å². The van der Waals surface area contributed by atoms with Gasteiger partial charge in [-0.3, -0.25) is 4.98 Å². The number of aromatic nitrogens is 1. The first-order valence-electron chi connectivity index (χ1n) is 10.3. The molecule has 2 aromatic rings. The van der Waals surface area contributed by atoms with Gasteiger partial charge in [0.2, 0.25) is 0 Å². The van der Waals surface area contributed by atoms with Crippen LogP contribution in [0.25, 0.3) is 11.3 Å². The summed E-state index contributed by atoms with van der Waals surface area (Å²) in [6.07, 6.45) is 0.369. The van der Waals surface area contributed by atoms with Gasteiger partial charge >= 0.3 is 0 Å². The molecular formula is C20H29NSi. The Balaban J connectivity index is 2.67. The number of hydrogen-bond donors (Lipinski definition) is 0. The Morgan fingerprint density at radius 2 is 1.95 bits per heavy atom. The van der Waals surface area contributed by atoms with E-state index in [9.17, 15) is 0 Å². The van der Waals surface area contributed by atoms with E-state index >= 15 is 0 Å². The summed E-state index contributed by atoms with van der Waals surface area (Å²) in [6, 6.07) is 6.93. The number of rotatable bonds is 4. The maximum Gasteiger partial charge on any atom is 0.0799 e. The van der Waals surface area contributed by atoms with Crippen LogP contribution in [0.15, 0.2) is 30.5 Å². The maximum absolute atomic E-state index is 8.66. The van der Waals surface area contributed by atoms with E-state index in [1.807, 2.05) is 33.0 Å². The molecule has 0 N–H and O–H groups in total. The van der Waals surface area contributed by atoms with Gasteiger partial charge in [-0.2, -0.15) is 0 Å². The van der Waals surface area contributed by atoms with Gasteiger partial charge in [-0.05, 0) is 48.4 Å². The number of benzene rings is 1. The number of nitrogens with zero attached hydrogens (tertiary/aromatic N) is 1. The van der Waals surface area contributed by atoms with Crippen LogP contribution in [0.1, 0.15) is 37.4 Å². The van der Waals surface area contributed by atoms with E-state index in [1.165, 1.54) is 0 Å². The number of pyridine rings is 1. The molecule has 1 heterocycles. The minimum atomic E-state index is -2.14. The van der Waals surface area contributed by atoms with E-state index in [4.69, 9.17) is 6.85 Å². The largest absolute Gasteiger partial charge is 0.256 e. The topological polar surface area (TPSA) is 12.9 Å². The Morgan fingerprint density at radius 1 is 1.23 bits per heavy atom. The lowest BCUT2D eigenvalue weighted by Crippen LogP contribution is -2.40. The average Bonchev–Trinajstić information content (AvgIpc) is 2.52. The fourth-order valence-corrected chi connectivity index (χ4v) is 3.99. The molecule has 0 amide bonds. The molecule has 0 atom stereocenters. The van der Waals surface area contributed by atoms with E-state index in [0.29, 0.717) is 16.8 Å². The molecule has 0 spiro atoms. The highest BCUT2D eigenvalue weighted by molar-refractivity contribution is 6.89. The summed E-state index contributed by atoms with van der Waals surface area (Å²) in [4.78, 5) is 4.63. The summed E-state index contributed by atoms with van der Waals surface area (Å²) in [7, 11) is -1.78. The molecule has 2 heteroatoms. The smallest absolute Gasteiger partial charge is 0.0799 e. The molecule has 1 aromatic heterocycles. The minimum Gasteiger partial charge on any atom is -0.256 e. The lowest BCUT2D eigenvalue weighted by Gasteiger charge is -2.22. The van der Waals surface area contributed by atoms with E-state index in [2.05, 4.69) is 24.6 Å². The highest BCUT2D eigenvalue weighted by Gasteiger charge is 2.22. The van der Waals surface area contributed by atoms with Crippen LogP contribution in [0.3, 0.4) is 0 Å². The molecule has 0 unspecified atom stereocenters. The fraction of sp³-hybridized carbons (Fsp3) is 0.450. The maximum atomic E-state index is 8.66. The second-order valence-electron chi connectivity index (χ2n) is 7.19. The number of aryl methyl sites for hydroxylation is 2. The molecule has 0 bridgehead atoms. The molecule has 1 nitrogen and oxygen atoms in total. The Kier molecular flexibility index (Phi) is 3.24. The van der Waals surface area contributed by atoms with Crippen LogP contribution in [-0.4, -0.2) is 13.1 Å². The van der Waals surface area contributed by atoms with Crippen molar-refractivity contribution in [2.24, 2.45) is 5.92 Å². The van der Waals surface area contributed by atoms with Crippen LogP contribution in [0.5, 0.6) is 0 Å². The van der Waals surface area contributed by atoms with Crippen LogP contribution < -0.4 is 5.19 Å². The van der Waals surface area contributed by atoms with Gasteiger partial charge in [0.15, 0.2) is 0 Å². The van der Waals surface area contributed by atoms with E-state index in [-0.39, 0.29) is 5.92 Å². The average molecular weight is 317 g/mol. The monoisotopic (exact) mass is 316 g/mol. The van der Waals surface area contributed by atoms with Crippen LogP contribution in [0.2, 0.25) is 19.6 Å². The van der Waals surface area contributed by atoms with Gasteiger partial charge in [0.1, 0.15) is 0 Å². The Labute approximate surface area is 143 Å². The first-order valence-corrected chi connectivity index (χ1v) is 11.3. The van der Waals surface area contributed by atoms with Crippen molar-refractivity contribution in [1.29, 1.82) is 0 Å². The molecule has 0 aliphatic carbocycles. The van der Waals surface area contributed by atoms with E-state index < -0.39 is 21.3 Å². The summed E-state index contributed by atoms with van der Waals surface area (Å²) < 4.78 is 40.0. The lowest BCUT2D eigenvalue weighted by molar-refractivity contribution is 0.649. The van der Waals surface area contributed by atoms with Gasteiger partial charge in [-0.25, -0.2) is 0 Å². The molecule has 0 aliphatic rings. The first-order chi connectivity index (χ1) is 12.2. The van der Waals surface area contributed by atoms with Gasteiger partial charge in [0.05, 0.1) is 13.8 Å². The van der Waals surface area contributed by atoms with Crippen molar-refractivity contribution in [3.05, 3.63) is 47.2 Å². The first kappa shape index (κ1) is 11.2. The van der Waals surface area contributed by atoms with Crippen LogP contribution in [-0.2, 0) is 6.37 Å². The van der Waals surface area contributed by atoms with Crippen molar-refractivity contribution in [3.8, 4) is 11.3 Å². The molecular weight excluding hydrogens is 282 g/mol. The fourth-order valence-electron chi connectivity index (χ4n) is 2.58. The normalized spacial score (nSPS) is 16.6. The van der Waals surface area contributed by atoms with Crippen LogP contribution in [0.4, 0.5) is 0 Å². The highest BCUT2D eigenvalue weighted by atomic mass is 28.3. The molecule has 0 fully saturated rings. The van der Waals surface area contributed by atoms with Gasteiger partial charge < -0.3 is 0 Å². The molecule has 118 valence electrons. The van der Waals surface area contributed by atoms with Gasteiger partial charge in [0.25, 0.3) is 0 Å². The van der Waals surface area contributed by atoms with Crippen molar-refractivity contribution in [2.45, 2.75) is 53.6 Å². The summed E-state index contributed by atoms with van der Waals surface area (Å²) in [5.74, 6) is -0.165. The van der Waals surface area contributed by atoms with Gasteiger partial charge in [-0.1, -0.05) is 57.3 Å². The lowest BCUT2D eigenvalue weighted by atomic mass is 9.98. The third-order valence-corrected chi connectivity index (χ3v) is 5.67. The zero-order chi connectivity index (χ0) is 20.8. The molecule has 0 saturated heterocycles. The van der Waals surface area contributed by atoms with Crippen LogP contribution >= 0.6 is 0 Å². The van der Waals surface area contributed by atoms with Crippen molar-refractivity contribution < 1.29 is 6.85 Å². The summed E-state index contributed by atoms with van der Waals surface area (Å²) in [6.45, 7) is 10.1. The van der Waals surface area contributed by atoms with Crippen molar-refractivity contribution in [1.82, 2.24) is 4.98 Å². The third kappa shape index (κ3) is 3.86. The quantitative estimate of drug-likeness (QED) is 0.714. The number of hydrogen-bond acceptors (Lipinski definition) is 1. The van der Waals surface area contributed by atoms with Crippen molar-refractivity contribution >= 4 is 13.3 Å². The van der Waals surface area contributed by atoms with Crippen molar-refractivity contribution in [2.75, 3.05) is 0 Å². The predicted octanol–water partition coefficient (Wildman–Crippen LogP) is 5.11. The second kappa shape index (κ2) is 6.37. The SMILES string of the molecule is [2H]C([2H])([2H])c1ccc(-c2cc(C([2H])([2H])C(C)C)c([Si](C)(C)C)cn2)c(C)c1. The minimum absolute atomic E-state index is 0.165. The molecule has 22 heavy (non-hydrogen) atoms. The molecule has 0 radical (unpaired) electrons. The molecule has 0 saturated carbocycles. The molecule has 2 rings (SSSR count). The zero-order valence-electron chi connectivity index (χ0n) is 19.4. The van der Waals surface area contributed by atoms with E-state index in [0.717, 1.165) is 16.3 Å². The summed E-state index contributed by atoms with van der Waals surface area (Å²) in [5.41, 5.74) is 3.37. The van der Waals surface area contributed by atoms with Gasteiger partial charge in [-0.15, -0.1) is 0 Å². The Hall–Kier alpha value is -1.41. The third-order valence-electron chi connectivity index (χ3n) is 3.66. The summed E-state index contributed by atoms with van der Waals surface area (Å²) >= 11 is 0. The van der Waals surface area contributed by atoms with Gasteiger partial charge in [0, 0.05) is 18.6 Å². The zero-order valence-corrected chi connectivity index (χ0v) is 15.4. The second-order valence-corrected chi connectivity index (χ2v) is 12.2. The molecule has 1 aromatic carbocycles.